The van der Waals surface area contributed by atoms with Gasteiger partial charge in [-0.05, 0) is 92.7 Å². The van der Waals surface area contributed by atoms with E-state index in [4.69, 9.17) is 4.98 Å². The van der Waals surface area contributed by atoms with Crippen molar-refractivity contribution < 1.29 is 0 Å². The molecule has 0 radical (unpaired) electrons. The van der Waals surface area contributed by atoms with Gasteiger partial charge in [0.25, 0.3) is 0 Å². The minimum Gasteiger partial charge on any atom is -0.292 e. The van der Waals surface area contributed by atoms with E-state index in [2.05, 4.69) is 206 Å². The standard InChI is InChI=1S/C53H40N2/c1-4-17-38(18-5-2)52-51(37-19-8-6-9-20-37)54-53(55(52)44-23-10-7-11-24-44)43-22-16-21-41(35-43)49-45-25-12-14-27-47(45)50(48-28-15-13-26-46(48)49)42-32-31-39-33-36(3)29-30-40(39)34-42/h4-35H,1H2,2-3H3/b18-5-,38-17+. The van der Waals surface area contributed by atoms with E-state index in [-0.39, 0.29) is 0 Å². The molecule has 1 aromatic heterocycles. The lowest BCUT2D eigenvalue weighted by Gasteiger charge is -2.19. The monoisotopic (exact) mass is 704 g/mol. The second kappa shape index (κ2) is 14.4. The molecule has 0 aliphatic carbocycles. The van der Waals surface area contributed by atoms with Crippen LogP contribution in [0.15, 0.2) is 201 Å². The number of rotatable bonds is 8. The Morgan fingerprint density at radius 3 is 1.73 bits per heavy atom. The Labute approximate surface area is 322 Å². The van der Waals surface area contributed by atoms with Crippen LogP contribution in [0, 0.1) is 6.92 Å². The van der Waals surface area contributed by atoms with Crippen molar-refractivity contribution in [2.75, 3.05) is 0 Å². The van der Waals surface area contributed by atoms with Crippen molar-refractivity contribution >= 4 is 37.9 Å². The maximum Gasteiger partial charge on any atom is 0.145 e. The number of imidazole rings is 1. The van der Waals surface area contributed by atoms with Gasteiger partial charge >= 0.3 is 0 Å². The van der Waals surface area contributed by atoms with Crippen molar-refractivity contribution in [3.05, 3.63) is 212 Å². The van der Waals surface area contributed by atoms with Gasteiger partial charge in [0.2, 0.25) is 0 Å². The first kappa shape index (κ1) is 33.8. The number of allylic oxidation sites excluding steroid dienone is 5. The molecule has 0 N–H and O–H groups in total. The van der Waals surface area contributed by atoms with Gasteiger partial charge in [-0.2, -0.15) is 0 Å². The first-order valence-electron chi connectivity index (χ1n) is 18.9. The fraction of sp³-hybridized carbons (Fsp3) is 0.0377. The molecule has 0 aliphatic rings. The predicted molar refractivity (Wildman–Crippen MR) is 236 cm³/mol. The maximum atomic E-state index is 5.51. The molecule has 0 aliphatic heterocycles. The van der Waals surface area contributed by atoms with Crippen molar-refractivity contribution in [1.82, 2.24) is 9.55 Å². The van der Waals surface area contributed by atoms with E-state index in [0.717, 1.165) is 45.2 Å². The molecule has 9 aromatic rings. The van der Waals surface area contributed by atoms with Gasteiger partial charge in [0.15, 0.2) is 0 Å². The molecule has 0 amide bonds. The van der Waals surface area contributed by atoms with Crippen molar-refractivity contribution in [2.24, 2.45) is 0 Å². The summed E-state index contributed by atoms with van der Waals surface area (Å²) in [6.07, 6.45) is 8.14. The number of hydrogen-bond donors (Lipinski definition) is 0. The van der Waals surface area contributed by atoms with Gasteiger partial charge in [-0.15, -0.1) is 0 Å². The summed E-state index contributed by atoms with van der Waals surface area (Å²) in [4.78, 5) is 5.51. The van der Waals surface area contributed by atoms with Crippen molar-refractivity contribution in [2.45, 2.75) is 13.8 Å². The highest BCUT2D eigenvalue weighted by atomic mass is 15.1. The number of aryl methyl sites for hydroxylation is 1. The molecule has 0 unspecified atom stereocenters. The number of para-hydroxylation sites is 1. The second-order valence-corrected chi connectivity index (χ2v) is 14.0. The highest BCUT2D eigenvalue weighted by Gasteiger charge is 2.24. The Balaban J connectivity index is 1.31. The van der Waals surface area contributed by atoms with Crippen molar-refractivity contribution in [3.63, 3.8) is 0 Å². The summed E-state index contributed by atoms with van der Waals surface area (Å²) >= 11 is 0. The average molecular weight is 705 g/mol. The molecule has 55 heavy (non-hydrogen) atoms. The zero-order chi connectivity index (χ0) is 37.3. The van der Waals surface area contributed by atoms with Crippen LogP contribution in [0.4, 0.5) is 0 Å². The van der Waals surface area contributed by atoms with Crippen LogP contribution in [-0.2, 0) is 0 Å². The minimum absolute atomic E-state index is 0.873. The van der Waals surface area contributed by atoms with Crippen LogP contribution in [-0.4, -0.2) is 9.55 Å². The van der Waals surface area contributed by atoms with Gasteiger partial charge in [0.05, 0.1) is 11.4 Å². The van der Waals surface area contributed by atoms with Crippen molar-refractivity contribution in [1.29, 1.82) is 0 Å². The number of benzene rings is 8. The van der Waals surface area contributed by atoms with Crippen LogP contribution >= 0.6 is 0 Å². The molecule has 8 aromatic carbocycles. The predicted octanol–water partition coefficient (Wildman–Crippen LogP) is 14.5. The Hall–Kier alpha value is -7.03. The Bertz CT molecular complexity index is 2890. The molecule has 2 heteroatoms. The third kappa shape index (κ3) is 6.08. The van der Waals surface area contributed by atoms with E-state index < -0.39 is 0 Å². The summed E-state index contributed by atoms with van der Waals surface area (Å²) in [7, 11) is 0. The summed E-state index contributed by atoms with van der Waals surface area (Å²) in [6.45, 7) is 8.28. The Morgan fingerprint density at radius 1 is 0.545 bits per heavy atom. The van der Waals surface area contributed by atoms with Gasteiger partial charge in [-0.3, -0.25) is 4.57 Å². The Morgan fingerprint density at radius 2 is 1.09 bits per heavy atom. The van der Waals surface area contributed by atoms with Gasteiger partial charge < -0.3 is 0 Å². The molecule has 0 saturated heterocycles. The fourth-order valence-corrected chi connectivity index (χ4v) is 8.11. The summed E-state index contributed by atoms with van der Waals surface area (Å²) in [5.41, 5.74) is 12.2. The van der Waals surface area contributed by atoms with Crippen LogP contribution in [0.2, 0.25) is 0 Å². The van der Waals surface area contributed by atoms with Gasteiger partial charge in [0.1, 0.15) is 5.82 Å². The highest BCUT2D eigenvalue weighted by Crippen LogP contribution is 2.45. The van der Waals surface area contributed by atoms with Crippen molar-refractivity contribution in [3.8, 4) is 50.6 Å². The molecule has 0 spiro atoms. The minimum atomic E-state index is 0.873. The van der Waals surface area contributed by atoms with Gasteiger partial charge in [-0.1, -0.05) is 182 Å². The first-order valence-corrected chi connectivity index (χ1v) is 18.9. The van der Waals surface area contributed by atoms with Gasteiger partial charge in [0, 0.05) is 22.4 Å². The highest BCUT2D eigenvalue weighted by molar-refractivity contribution is 6.21. The van der Waals surface area contributed by atoms with Crippen LogP contribution < -0.4 is 0 Å². The van der Waals surface area contributed by atoms with E-state index in [1.165, 1.54) is 54.6 Å². The number of aromatic nitrogens is 2. The molecule has 9 rings (SSSR count). The third-order valence-electron chi connectivity index (χ3n) is 10.5. The first-order chi connectivity index (χ1) is 27.1. The van der Waals surface area contributed by atoms with Gasteiger partial charge in [-0.25, -0.2) is 4.98 Å². The van der Waals surface area contributed by atoms with Crippen LogP contribution in [0.5, 0.6) is 0 Å². The summed E-state index contributed by atoms with van der Waals surface area (Å²) in [6, 6.07) is 61.3. The molecule has 1 heterocycles. The lowest BCUT2D eigenvalue weighted by atomic mass is 9.85. The third-order valence-corrected chi connectivity index (χ3v) is 10.5. The lowest BCUT2D eigenvalue weighted by Crippen LogP contribution is -2.02. The van der Waals surface area contributed by atoms with E-state index in [0.29, 0.717) is 0 Å². The molecule has 2 nitrogen and oxygen atoms in total. The zero-order valence-corrected chi connectivity index (χ0v) is 31.1. The largest absolute Gasteiger partial charge is 0.292 e. The maximum absolute atomic E-state index is 5.51. The topological polar surface area (TPSA) is 17.8 Å². The summed E-state index contributed by atoms with van der Waals surface area (Å²) in [5, 5.41) is 7.42. The molecular formula is C53H40N2. The lowest BCUT2D eigenvalue weighted by molar-refractivity contribution is 1.05. The van der Waals surface area contributed by atoms with E-state index in [1.807, 2.05) is 13.0 Å². The SMILES string of the molecule is C=C/C=C(\C=C/C)c1c(-c2ccccc2)nc(-c2cccc(-c3c4ccccc4c(-c4ccc5cc(C)ccc5c4)c4ccccc34)c2)n1-c1ccccc1. The van der Waals surface area contributed by atoms with Crippen LogP contribution in [0.3, 0.4) is 0 Å². The molecular weight excluding hydrogens is 665 g/mol. The summed E-state index contributed by atoms with van der Waals surface area (Å²) in [5.74, 6) is 0.873. The quantitative estimate of drug-likeness (QED) is 0.114. The van der Waals surface area contributed by atoms with E-state index in [9.17, 15) is 0 Å². The van der Waals surface area contributed by atoms with E-state index in [1.54, 1.807) is 0 Å². The second-order valence-electron chi connectivity index (χ2n) is 14.0. The van der Waals surface area contributed by atoms with E-state index >= 15 is 0 Å². The molecule has 0 atom stereocenters. The molecule has 0 fully saturated rings. The average Bonchev–Trinajstić information content (AvgIpc) is 3.64. The number of hydrogen-bond acceptors (Lipinski definition) is 1. The zero-order valence-electron chi connectivity index (χ0n) is 31.1. The number of fused-ring (bicyclic) bond motifs is 3. The smallest absolute Gasteiger partial charge is 0.145 e. The number of nitrogens with zero attached hydrogens (tertiary/aromatic N) is 2. The van der Waals surface area contributed by atoms with Crippen LogP contribution in [0.1, 0.15) is 18.2 Å². The molecule has 262 valence electrons. The van der Waals surface area contributed by atoms with Crippen LogP contribution in [0.25, 0.3) is 88.5 Å². The fourth-order valence-electron chi connectivity index (χ4n) is 8.11. The molecule has 0 saturated carbocycles. The summed E-state index contributed by atoms with van der Waals surface area (Å²) < 4.78 is 2.30. The Kier molecular flexibility index (Phi) is 8.86. The molecule has 0 bridgehead atoms. The normalized spacial score (nSPS) is 11.9.